The van der Waals surface area contributed by atoms with Crippen molar-refractivity contribution in [3.63, 3.8) is 0 Å². The molecule has 1 unspecified atom stereocenters. The number of rotatable bonds is 3. The number of benzene rings is 1. The molecule has 1 aliphatic heterocycles. The molecule has 0 spiro atoms. The minimum absolute atomic E-state index is 0.0182. The highest BCUT2D eigenvalue weighted by Gasteiger charge is 2.32. The van der Waals surface area contributed by atoms with Gasteiger partial charge in [0.2, 0.25) is 0 Å². The van der Waals surface area contributed by atoms with Gasteiger partial charge in [0.15, 0.2) is 5.78 Å². The fourth-order valence-electron chi connectivity index (χ4n) is 2.71. The zero-order valence-electron chi connectivity index (χ0n) is 12.0. The Kier molecular flexibility index (Phi) is 4.20. The minimum Gasteiger partial charge on any atom is -0.370 e. The number of morpholine rings is 1. The molecule has 1 saturated heterocycles. The molecule has 1 atom stereocenters. The van der Waals surface area contributed by atoms with Crippen molar-refractivity contribution in [2.75, 3.05) is 19.6 Å². The number of ether oxygens (including phenoxy) is 1. The molecule has 1 aromatic rings. The van der Waals surface area contributed by atoms with Crippen LogP contribution in [0.3, 0.4) is 0 Å². The molecule has 0 aliphatic carbocycles. The Balaban J connectivity index is 2.07. The molecule has 0 bridgehead atoms. The van der Waals surface area contributed by atoms with E-state index in [0.717, 1.165) is 12.1 Å². The maximum absolute atomic E-state index is 13.6. The van der Waals surface area contributed by atoms with Gasteiger partial charge in [0, 0.05) is 19.2 Å². The summed E-state index contributed by atoms with van der Waals surface area (Å²) in [6.45, 7) is 7.19. The van der Waals surface area contributed by atoms with Gasteiger partial charge in [0.05, 0.1) is 23.8 Å². The van der Waals surface area contributed by atoms with Crippen LogP contribution in [-0.4, -0.2) is 42.0 Å². The van der Waals surface area contributed by atoms with Crippen LogP contribution in [0.15, 0.2) is 18.2 Å². The highest BCUT2D eigenvalue weighted by molar-refractivity contribution is 5.97. The summed E-state index contributed by atoms with van der Waals surface area (Å²) in [5.74, 6) is -1.83. The van der Waals surface area contributed by atoms with Crippen molar-refractivity contribution < 1.29 is 18.3 Å². The smallest absolute Gasteiger partial charge is 0.179 e. The Labute approximate surface area is 117 Å². The number of carbonyl (C=O) groups excluding carboxylic acids is 1. The first kappa shape index (κ1) is 15.1. The van der Waals surface area contributed by atoms with Crippen molar-refractivity contribution in [3.8, 4) is 0 Å². The van der Waals surface area contributed by atoms with Crippen molar-refractivity contribution in [1.82, 2.24) is 4.90 Å². The van der Waals surface area contributed by atoms with E-state index in [1.807, 2.05) is 25.7 Å². The van der Waals surface area contributed by atoms with Gasteiger partial charge < -0.3 is 4.74 Å². The number of Topliss-reactive ketones (excluding diaryl/α,β-unsaturated/α-hetero) is 1. The summed E-state index contributed by atoms with van der Waals surface area (Å²) < 4.78 is 32.2. The molecule has 1 aliphatic rings. The Morgan fingerprint density at radius 2 is 2.15 bits per heavy atom. The number of hydrogen-bond acceptors (Lipinski definition) is 3. The number of ketones is 1. The molecular weight excluding hydrogens is 264 g/mol. The van der Waals surface area contributed by atoms with E-state index >= 15 is 0 Å². The van der Waals surface area contributed by atoms with E-state index in [1.165, 1.54) is 6.07 Å². The van der Waals surface area contributed by atoms with Gasteiger partial charge in [0.1, 0.15) is 11.6 Å². The van der Waals surface area contributed by atoms with Crippen molar-refractivity contribution in [1.29, 1.82) is 0 Å². The summed E-state index contributed by atoms with van der Waals surface area (Å²) >= 11 is 0. The van der Waals surface area contributed by atoms with E-state index < -0.39 is 11.6 Å². The van der Waals surface area contributed by atoms with E-state index in [2.05, 4.69) is 0 Å². The van der Waals surface area contributed by atoms with Crippen LogP contribution in [0.1, 0.15) is 31.1 Å². The van der Waals surface area contributed by atoms with Crippen LogP contribution >= 0.6 is 0 Å². The van der Waals surface area contributed by atoms with Gasteiger partial charge in [-0.25, -0.2) is 8.78 Å². The van der Waals surface area contributed by atoms with Gasteiger partial charge in [-0.1, -0.05) is 0 Å². The van der Waals surface area contributed by atoms with Crippen LogP contribution in [0.2, 0.25) is 0 Å². The van der Waals surface area contributed by atoms with Gasteiger partial charge in [-0.3, -0.25) is 9.69 Å². The van der Waals surface area contributed by atoms with Crippen molar-refractivity contribution in [3.05, 3.63) is 35.4 Å². The SMILES string of the molecule is CC1CN(CC(=O)c2ccc(F)cc2F)CC(C)(C)O1. The van der Waals surface area contributed by atoms with Crippen LogP contribution in [-0.2, 0) is 4.74 Å². The highest BCUT2D eigenvalue weighted by Crippen LogP contribution is 2.21. The Hall–Kier alpha value is -1.33. The Bertz CT molecular complexity index is 517. The maximum Gasteiger partial charge on any atom is 0.179 e. The van der Waals surface area contributed by atoms with Gasteiger partial charge >= 0.3 is 0 Å². The fourth-order valence-corrected chi connectivity index (χ4v) is 2.71. The summed E-state index contributed by atoms with van der Waals surface area (Å²) in [4.78, 5) is 14.1. The van der Waals surface area contributed by atoms with E-state index in [-0.39, 0.29) is 29.6 Å². The second kappa shape index (κ2) is 5.58. The molecule has 0 radical (unpaired) electrons. The molecule has 0 saturated carbocycles. The third-order valence-corrected chi connectivity index (χ3v) is 3.24. The largest absolute Gasteiger partial charge is 0.370 e. The molecule has 1 fully saturated rings. The van der Waals surface area contributed by atoms with E-state index in [4.69, 9.17) is 4.74 Å². The lowest BCUT2D eigenvalue weighted by atomic mass is 10.0. The van der Waals surface area contributed by atoms with Crippen LogP contribution in [0.5, 0.6) is 0 Å². The predicted molar refractivity (Wildman–Crippen MR) is 71.8 cm³/mol. The molecule has 20 heavy (non-hydrogen) atoms. The lowest BCUT2D eigenvalue weighted by Crippen LogP contribution is -2.53. The average Bonchev–Trinajstić information content (AvgIpc) is 2.25. The normalized spacial score (nSPS) is 22.8. The first-order chi connectivity index (χ1) is 9.27. The fraction of sp³-hybridized carbons (Fsp3) is 0.533. The van der Waals surface area contributed by atoms with E-state index in [9.17, 15) is 13.6 Å². The van der Waals surface area contributed by atoms with Crippen molar-refractivity contribution in [2.45, 2.75) is 32.5 Å². The van der Waals surface area contributed by atoms with Crippen LogP contribution in [0.4, 0.5) is 8.78 Å². The second-order valence-electron chi connectivity index (χ2n) is 5.91. The van der Waals surface area contributed by atoms with Gasteiger partial charge in [0.25, 0.3) is 0 Å². The summed E-state index contributed by atoms with van der Waals surface area (Å²) in [5.41, 5.74) is -0.400. The number of carbonyl (C=O) groups is 1. The standard InChI is InChI=1S/C15H19F2NO2/c1-10-7-18(9-15(2,3)20-10)8-14(19)12-5-4-11(16)6-13(12)17/h4-6,10H,7-9H2,1-3H3. The van der Waals surface area contributed by atoms with Crippen molar-refractivity contribution >= 4 is 5.78 Å². The molecule has 0 aromatic heterocycles. The predicted octanol–water partition coefficient (Wildman–Crippen LogP) is 2.65. The molecule has 1 heterocycles. The molecule has 0 N–H and O–H groups in total. The average molecular weight is 283 g/mol. The highest BCUT2D eigenvalue weighted by atomic mass is 19.1. The first-order valence-corrected chi connectivity index (χ1v) is 6.65. The Morgan fingerprint density at radius 1 is 1.45 bits per heavy atom. The summed E-state index contributed by atoms with van der Waals surface area (Å²) in [6, 6.07) is 3.03. The monoisotopic (exact) mass is 283 g/mol. The van der Waals surface area contributed by atoms with Gasteiger partial charge in [-0.15, -0.1) is 0 Å². The zero-order chi connectivity index (χ0) is 14.9. The molecule has 110 valence electrons. The summed E-state index contributed by atoms with van der Waals surface area (Å²) in [5, 5.41) is 0. The molecule has 2 rings (SSSR count). The van der Waals surface area contributed by atoms with Gasteiger partial charge in [-0.2, -0.15) is 0 Å². The molecule has 3 nitrogen and oxygen atoms in total. The first-order valence-electron chi connectivity index (χ1n) is 6.65. The van der Waals surface area contributed by atoms with Crippen LogP contribution < -0.4 is 0 Å². The van der Waals surface area contributed by atoms with Gasteiger partial charge in [-0.05, 0) is 32.9 Å². The van der Waals surface area contributed by atoms with Crippen molar-refractivity contribution in [2.24, 2.45) is 0 Å². The molecule has 5 heteroatoms. The molecule has 1 aromatic carbocycles. The lowest BCUT2D eigenvalue weighted by molar-refractivity contribution is -0.126. The van der Waals surface area contributed by atoms with E-state index in [1.54, 1.807) is 0 Å². The lowest BCUT2D eigenvalue weighted by Gasteiger charge is -2.41. The number of halogens is 2. The quantitative estimate of drug-likeness (QED) is 0.799. The molecule has 0 amide bonds. The number of hydrogen-bond donors (Lipinski definition) is 0. The summed E-state index contributed by atoms with van der Waals surface area (Å²) in [6.07, 6.45) is 0.0182. The zero-order valence-corrected chi connectivity index (χ0v) is 12.0. The van der Waals surface area contributed by atoms with Crippen LogP contribution in [0.25, 0.3) is 0 Å². The van der Waals surface area contributed by atoms with Crippen LogP contribution in [0, 0.1) is 11.6 Å². The second-order valence-corrected chi connectivity index (χ2v) is 5.91. The molecular formula is C15H19F2NO2. The number of nitrogens with zero attached hydrogens (tertiary/aromatic N) is 1. The summed E-state index contributed by atoms with van der Waals surface area (Å²) in [7, 11) is 0. The topological polar surface area (TPSA) is 29.5 Å². The maximum atomic E-state index is 13.6. The Morgan fingerprint density at radius 3 is 2.75 bits per heavy atom. The third kappa shape index (κ3) is 3.61. The minimum atomic E-state index is -0.810. The van der Waals surface area contributed by atoms with E-state index in [0.29, 0.717) is 13.1 Å². The third-order valence-electron chi connectivity index (χ3n) is 3.24.